The van der Waals surface area contributed by atoms with Crippen LogP contribution in [-0.2, 0) is 128 Å². The summed E-state index contributed by atoms with van der Waals surface area (Å²) >= 11 is 0. The molecular weight excluding hydrogens is 1940 g/mol. The van der Waals surface area contributed by atoms with Gasteiger partial charge in [-0.15, -0.1) is 0 Å². The Balaban J connectivity index is 0.893. The molecule has 0 saturated carbocycles. The molecule has 12 aliphatic rings. The van der Waals surface area contributed by atoms with Gasteiger partial charge in [0.25, 0.3) is 0 Å². The molecule has 62 nitrogen and oxygen atoms in total. The van der Waals surface area contributed by atoms with Crippen LogP contribution < -0.4 is 21.3 Å². The highest BCUT2D eigenvalue weighted by molar-refractivity contribution is 5.74. The fraction of sp³-hybridized carbons (Fsp3) is 0.950. The summed E-state index contributed by atoms with van der Waals surface area (Å²) in [5.74, 6) is -3.99. The highest BCUT2D eigenvalue weighted by atomic mass is 16.8. The molecule has 142 heavy (non-hydrogen) atoms. The van der Waals surface area contributed by atoms with Crippen molar-refractivity contribution < 1.29 is 286 Å². The molecule has 0 aliphatic carbocycles. The van der Waals surface area contributed by atoms with Crippen LogP contribution in [0.15, 0.2) is 0 Å². The Hall–Kier alpha value is -4.28. The molecule has 12 aliphatic heterocycles. The molecule has 0 aromatic rings. The van der Waals surface area contributed by atoms with E-state index in [-0.39, 0.29) is 0 Å². The standard InChI is InChI=1S/C80H134N4O58/c1-17-37(96)49(108)56(115)73(122-17)120-16-32-61(47(106)33(69(119)125-32)81-20(4)92)134-70-34(82-21(5)93)48(107)60(30(14-91)132-70)135-76-59(118)64(138-80-66(53(112)41(100)27(11-88)131-80)140-72-36(84-23(7)95)63(45(104)29(13-90)127-72)137-79-68(55(114)43(102)26(10-87)130-79)142-75-58(117)51(110)39(98)19(3)124-75)46(105)31(133-76)15-121-77-65(52(111)40(99)24(8-85)128-77)139-71-35(83-22(6)94)62(44(103)28(12-89)126-71)136-78-67(54(113)42(101)25(9-86)129-78)141-74-57(116)50(109)38(97)18(2)123-74/h17-19,24-80,85-91,96-119H,8-16H2,1-7H3,(H,81,92)(H,82,93)(H,83,94)(H,84,95)/t17-,18-,19-,24+,25+,26+,27+,28+,29+,30+,31+,32+,33+,34+,35+,36+,37+,38+,39+,40+,41+,42-,43-,44+,45+,46+,47+,48+,49+,50+,51+,52-,53-,54-,55-,56-,57-,58-,59-,60+,61+,62+,63+,64-,65-,66-,67+,68+,69?,70-,71-,72-,73+,74-,75-,76-,77-,78-,79-,80+/m0/s1. The molecule has 35 N–H and O–H groups in total. The average molecular weight is 2080 g/mol. The van der Waals surface area contributed by atoms with Crippen LogP contribution >= 0.6 is 0 Å². The molecule has 12 fully saturated rings. The van der Waals surface area contributed by atoms with E-state index in [1.54, 1.807) is 0 Å². The van der Waals surface area contributed by atoms with Gasteiger partial charge in [-0.3, -0.25) is 19.2 Å². The van der Waals surface area contributed by atoms with E-state index in [0.717, 1.165) is 27.7 Å². The van der Waals surface area contributed by atoms with Gasteiger partial charge in [0.1, 0.15) is 274 Å². The van der Waals surface area contributed by atoms with Crippen molar-refractivity contribution in [3.63, 3.8) is 0 Å². The van der Waals surface area contributed by atoms with Gasteiger partial charge in [-0.25, -0.2) is 0 Å². The normalized spacial score (nSPS) is 50.9. The number of carbonyl (C=O) groups excluding carboxylic acids is 4. The molecule has 0 spiro atoms. The first-order valence-electron chi connectivity index (χ1n) is 45.7. The fourth-order valence-corrected chi connectivity index (χ4v) is 18.6. The maximum atomic E-state index is 13.5. The smallest absolute Gasteiger partial charge is 0.217 e. The first-order chi connectivity index (χ1) is 67.1. The lowest BCUT2D eigenvalue weighted by Crippen LogP contribution is -2.71. The van der Waals surface area contributed by atoms with Gasteiger partial charge in [0.2, 0.25) is 23.6 Å². The second-order valence-corrected chi connectivity index (χ2v) is 36.6. The van der Waals surface area contributed by atoms with Gasteiger partial charge in [-0.2, -0.15) is 0 Å². The zero-order chi connectivity index (χ0) is 104. The molecule has 12 heterocycles. The number of hydrogen-bond donors (Lipinski definition) is 35. The number of hydrogen-bond acceptors (Lipinski definition) is 58. The van der Waals surface area contributed by atoms with Crippen molar-refractivity contribution in [3.8, 4) is 0 Å². The molecule has 0 aromatic carbocycles. The Morgan fingerprint density at radius 1 is 0.197 bits per heavy atom. The lowest BCUT2D eigenvalue weighted by atomic mass is 9.93. The average Bonchev–Trinajstić information content (AvgIpc) is 0.756. The van der Waals surface area contributed by atoms with E-state index >= 15 is 0 Å². The van der Waals surface area contributed by atoms with Crippen molar-refractivity contribution >= 4 is 23.6 Å². The van der Waals surface area contributed by atoms with Crippen LogP contribution in [0.2, 0.25) is 0 Å². The summed E-state index contributed by atoms with van der Waals surface area (Å²) in [4.78, 5) is 53.0. The fourth-order valence-electron chi connectivity index (χ4n) is 18.6. The molecule has 12 rings (SSSR count). The van der Waals surface area contributed by atoms with Gasteiger partial charge in [0.05, 0.1) is 77.8 Å². The van der Waals surface area contributed by atoms with Gasteiger partial charge in [0, 0.05) is 27.7 Å². The summed E-state index contributed by atoms with van der Waals surface area (Å²) < 4.78 is 138. The number of aliphatic hydroxyl groups is 31. The molecule has 0 aromatic heterocycles. The molecule has 0 bridgehead atoms. The van der Waals surface area contributed by atoms with E-state index in [1.807, 2.05) is 0 Å². The highest BCUT2D eigenvalue weighted by Crippen LogP contribution is 2.43. The van der Waals surface area contributed by atoms with Crippen molar-refractivity contribution in [1.29, 1.82) is 0 Å². The number of ether oxygens (including phenoxy) is 23. The third-order valence-electron chi connectivity index (χ3n) is 26.6. The monoisotopic (exact) mass is 2080 g/mol. The predicted octanol–water partition coefficient (Wildman–Crippen LogP) is -23.5. The zero-order valence-corrected chi connectivity index (χ0v) is 76.9. The van der Waals surface area contributed by atoms with Gasteiger partial charge < -0.3 is 289 Å². The molecule has 0 radical (unpaired) electrons. The lowest BCUT2D eigenvalue weighted by Gasteiger charge is -2.51. The van der Waals surface area contributed by atoms with Gasteiger partial charge in [-0.05, 0) is 20.8 Å². The highest BCUT2D eigenvalue weighted by Gasteiger charge is 2.64. The molecule has 4 amide bonds. The molecule has 60 atom stereocenters. The minimum atomic E-state index is -2.72. The van der Waals surface area contributed by atoms with Crippen LogP contribution in [-0.4, -0.2) is 610 Å². The predicted molar refractivity (Wildman–Crippen MR) is 437 cm³/mol. The summed E-state index contributed by atoms with van der Waals surface area (Å²) in [5.41, 5.74) is 0. The SMILES string of the molecule is CC(=O)N[C@H]1[C@H](O[C@H]2[C@H](O)[C@@H](NC(C)=O)C(O)O[C@@H]2CO[C@@H]2O[C@@H](C)[C@@H](O)[C@@H](O)[C@@H]2O)O[C@H](CO)[C@@H](O[C@@H]2O[C@H](CO[C@H]3O[C@H](CO)[C@@H](O)[C@H](O)[C@@H]3O[C@@H]3O[C@H](CO)[C@@H](O)[C@H](O[C@@H]4O[C@H](CO)[C@H](O)[C@H](O)[C@H]4O[C@@H]4O[C@@H](C)[C@@H](O)[C@@H](O)[C@@H]4O)[C@H]3NC(C)=O)[C@@H](O)[C@H](O[C@H]3O[C@H](CO)[C@@H](O)[C@H](O)[C@@H]3O[C@@H]3O[C@H](CO)[C@@H](O)[C@H](O[C@@H]4O[C@H](CO)[C@H](O)[C@H](O)[C@H]4O[C@@H]4O[C@@H](C)[C@@H](O)[C@@H](O)[C@@H]4O)[C@H]3NC(C)=O)[C@@H]2O)[C@@H]1O. The van der Waals surface area contributed by atoms with Gasteiger partial charge in [0.15, 0.2) is 75.5 Å². The third-order valence-corrected chi connectivity index (χ3v) is 26.6. The zero-order valence-electron chi connectivity index (χ0n) is 76.9. The number of nitrogens with one attached hydrogen (secondary N) is 4. The largest absolute Gasteiger partial charge is 0.394 e. The molecule has 822 valence electrons. The Morgan fingerprint density at radius 2 is 0.444 bits per heavy atom. The van der Waals surface area contributed by atoms with Gasteiger partial charge in [-0.1, -0.05) is 0 Å². The van der Waals surface area contributed by atoms with Crippen LogP contribution in [0, 0.1) is 0 Å². The number of aliphatic hydroxyl groups excluding tert-OH is 31. The first-order valence-corrected chi connectivity index (χ1v) is 45.7. The first kappa shape index (κ1) is 116. The maximum Gasteiger partial charge on any atom is 0.217 e. The Morgan fingerprint density at radius 3 is 0.831 bits per heavy atom. The van der Waals surface area contributed by atoms with E-state index in [9.17, 15) is 177 Å². The third kappa shape index (κ3) is 25.4. The van der Waals surface area contributed by atoms with Gasteiger partial charge >= 0.3 is 0 Å². The summed E-state index contributed by atoms with van der Waals surface area (Å²) in [6.07, 6.45) is -118. The quantitative estimate of drug-likeness (QED) is 0.0280. The van der Waals surface area contributed by atoms with Crippen LogP contribution in [0.3, 0.4) is 0 Å². The van der Waals surface area contributed by atoms with E-state index in [1.165, 1.54) is 20.8 Å². The second-order valence-electron chi connectivity index (χ2n) is 36.6. The summed E-state index contributed by atoms with van der Waals surface area (Å²) in [6.45, 7) is -3.24. The molecular formula is C80H134N4O58. The van der Waals surface area contributed by atoms with E-state index in [4.69, 9.17) is 109 Å². The Bertz CT molecular complexity index is 3940. The number of carbonyl (C=O) groups is 4. The van der Waals surface area contributed by atoms with Crippen LogP contribution in [0.5, 0.6) is 0 Å². The summed E-state index contributed by atoms with van der Waals surface area (Å²) in [7, 11) is 0. The van der Waals surface area contributed by atoms with Crippen molar-refractivity contribution in [3.05, 3.63) is 0 Å². The molecule has 12 saturated heterocycles. The van der Waals surface area contributed by atoms with Crippen LogP contribution in [0.4, 0.5) is 0 Å². The Labute approximate surface area is 805 Å². The van der Waals surface area contributed by atoms with Crippen LogP contribution in [0.1, 0.15) is 48.5 Å². The summed E-state index contributed by atoms with van der Waals surface area (Å²) in [5, 5.41) is 361. The lowest BCUT2D eigenvalue weighted by molar-refractivity contribution is -0.401. The molecule has 62 heteroatoms. The van der Waals surface area contributed by atoms with Crippen molar-refractivity contribution in [1.82, 2.24) is 21.3 Å². The Kier molecular flexibility index (Phi) is 41.2. The van der Waals surface area contributed by atoms with Crippen molar-refractivity contribution in [2.75, 3.05) is 59.5 Å². The second kappa shape index (κ2) is 50.3. The number of rotatable bonds is 35. The minimum absolute atomic E-state index is 0.872. The van der Waals surface area contributed by atoms with Crippen LogP contribution in [0.25, 0.3) is 0 Å². The van der Waals surface area contributed by atoms with E-state index in [2.05, 4.69) is 21.3 Å². The van der Waals surface area contributed by atoms with E-state index in [0.29, 0.717) is 0 Å². The topological polar surface area (TPSA) is 956 Å². The molecule has 1 unspecified atom stereocenters. The minimum Gasteiger partial charge on any atom is -0.394 e. The van der Waals surface area contributed by atoms with Crippen molar-refractivity contribution in [2.45, 2.75) is 417 Å². The van der Waals surface area contributed by atoms with E-state index < -0.39 is 451 Å². The summed E-state index contributed by atoms with van der Waals surface area (Å²) in [6, 6.07) is -8.05. The maximum absolute atomic E-state index is 13.5. The number of amides is 4. The van der Waals surface area contributed by atoms with Crippen molar-refractivity contribution in [2.24, 2.45) is 0 Å².